The second kappa shape index (κ2) is 3.96. The van der Waals surface area contributed by atoms with Crippen molar-refractivity contribution in [2.45, 2.75) is 0 Å². The third-order valence-electron chi connectivity index (χ3n) is 2.85. The van der Waals surface area contributed by atoms with Gasteiger partial charge in [-0.05, 0) is 12.1 Å². The molecule has 1 aliphatic heterocycles. The molecule has 2 aromatic rings. The first-order valence-corrected chi connectivity index (χ1v) is 5.71. The molecule has 16 heavy (non-hydrogen) atoms. The van der Waals surface area contributed by atoms with E-state index in [-0.39, 0.29) is 0 Å². The maximum absolute atomic E-state index is 6.15. The van der Waals surface area contributed by atoms with Crippen LogP contribution in [0.4, 0.5) is 5.69 Å². The summed E-state index contributed by atoms with van der Waals surface area (Å²) in [7, 11) is 0. The van der Waals surface area contributed by atoms with Crippen molar-refractivity contribution < 1.29 is 4.42 Å². The number of halogens is 1. The van der Waals surface area contributed by atoms with Gasteiger partial charge in [-0.2, -0.15) is 0 Å². The summed E-state index contributed by atoms with van der Waals surface area (Å²) in [5.41, 5.74) is 2.61. The van der Waals surface area contributed by atoms with Gasteiger partial charge in [0.25, 0.3) is 0 Å². The Hall–Kier alpha value is -1.26. The lowest BCUT2D eigenvalue weighted by molar-refractivity contribution is 0.589. The molecule has 0 bridgehead atoms. The van der Waals surface area contributed by atoms with E-state index in [4.69, 9.17) is 16.0 Å². The van der Waals surface area contributed by atoms with Gasteiger partial charge in [0.2, 0.25) is 0 Å². The number of rotatable bonds is 1. The van der Waals surface area contributed by atoms with E-state index >= 15 is 0 Å². The predicted molar refractivity (Wildman–Crippen MR) is 64.1 cm³/mol. The van der Waals surface area contributed by atoms with E-state index in [1.54, 1.807) is 0 Å². The van der Waals surface area contributed by atoms with Crippen LogP contribution in [0.3, 0.4) is 0 Å². The van der Waals surface area contributed by atoms with Gasteiger partial charge in [0.15, 0.2) is 12.0 Å². The van der Waals surface area contributed by atoms with Crippen molar-refractivity contribution >= 4 is 28.4 Å². The van der Waals surface area contributed by atoms with Crippen LogP contribution in [0.1, 0.15) is 0 Å². The van der Waals surface area contributed by atoms with Gasteiger partial charge in [0.1, 0.15) is 5.52 Å². The van der Waals surface area contributed by atoms with Crippen LogP contribution in [-0.4, -0.2) is 31.2 Å². The van der Waals surface area contributed by atoms with Crippen molar-refractivity contribution in [2.75, 3.05) is 31.1 Å². The van der Waals surface area contributed by atoms with E-state index in [0.29, 0.717) is 10.6 Å². The molecule has 0 amide bonds. The maximum atomic E-state index is 6.15. The minimum atomic E-state index is 0.628. The molecule has 1 aliphatic rings. The summed E-state index contributed by atoms with van der Waals surface area (Å²) in [4.78, 5) is 6.44. The fourth-order valence-electron chi connectivity index (χ4n) is 2.02. The lowest BCUT2D eigenvalue weighted by Gasteiger charge is -2.29. The van der Waals surface area contributed by atoms with E-state index in [2.05, 4.69) is 15.2 Å². The molecule has 4 nitrogen and oxygen atoms in total. The molecule has 0 unspecified atom stereocenters. The Kier molecular flexibility index (Phi) is 2.46. The fourth-order valence-corrected chi connectivity index (χ4v) is 2.27. The van der Waals surface area contributed by atoms with Gasteiger partial charge in [0, 0.05) is 31.9 Å². The molecule has 0 spiro atoms. The van der Waals surface area contributed by atoms with Crippen LogP contribution in [-0.2, 0) is 0 Å². The minimum Gasteiger partial charge on any atom is -0.442 e. The summed E-state index contributed by atoms with van der Waals surface area (Å²) in [5, 5.41) is 3.95. The van der Waals surface area contributed by atoms with E-state index < -0.39 is 0 Å². The number of anilines is 1. The number of nitrogens with zero attached hydrogens (tertiary/aromatic N) is 2. The molecule has 5 heteroatoms. The summed E-state index contributed by atoms with van der Waals surface area (Å²) < 4.78 is 5.22. The number of aromatic nitrogens is 1. The Labute approximate surface area is 98.2 Å². The Balaban J connectivity index is 2.02. The summed E-state index contributed by atoms with van der Waals surface area (Å²) >= 11 is 6.15. The van der Waals surface area contributed by atoms with Gasteiger partial charge in [-0.1, -0.05) is 11.6 Å². The van der Waals surface area contributed by atoms with E-state index in [1.807, 2.05) is 12.1 Å². The quantitative estimate of drug-likeness (QED) is 0.823. The third kappa shape index (κ3) is 1.64. The highest BCUT2D eigenvalue weighted by atomic mass is 35.5. The smallest absolute Gasteiger partial charge is 0.182 e. The zero-order chi connectivity index (χ0) is 11.0. The first-order chi connectivity index (χ1) is 7.84. The highest BCUT2D eigenvalue weighted by molar-refractivity contribution is 6.35. The minimum absolute atomic E-state index is 0.628. The van der Waals surface area contributed by atoms with Crippen LogP contribution >= 0.6 is 11.6 Å². The molecule has 1 N–H and O–H groups in total. The summed E-state index contributed by atoms with van der Waals surface area (Å²) in [6.07, 6.45) is 1.43. The molecule has 2 heterocycles. The van der Waals surface area contributed by atoms with Crippen LogP contribution in [0, 0.1) is 0 Å². The summed E-state index contributed by atoms with van der Waals surface area (Å²) in [6.45, 7) is 4.02. The van der Waals surface area contributed by atoms with Gasteiger partial charge in [-0.15, -0.1) is 0 Å². The zero-order valence-electron chi connectivity index (χ0n) is 8.74. The predicted octanol–water partition coefficient (Wildman–Crippen LogP) is 1.89. The van der Waals surface area contributed by atoms with Crippen LogP contribution in [0.15, 0.2) is 22.9 Å². The Morgan fingerprint density at radius 3 is 2.94 bits per heavy atom. The first kappa shape index (κ1) is 9.93. The van der Waals surface area contributed by atoms with Gasteiger partial charge >= 0.3 is 0 Å². The molecule has 1 fully saturated rings. The highest BCUT2D eigenvalue weighted by Crippen LogP contribution is 2.29. The highest BCUT2D eigenvalue weighted by Gasteiger charge is 2.13. The number of fused-ring (bicyclic) bond motifs is 1. The Morgan fingerprint density at radius 1 is 1.31 bits per heavy atom. The largest absolute Gasteiger partial charge is 0.442 e. The van der Waals surface area contributed by atoms with Crippen LogP contribution in [0.25, 0.3) is 11.1 Å². The molecular formula is C11H12ClN3O. The molecule has 0 atom stereocenters. The second-order valence-electron chi connectivity index (χ2n) is 3.87. The standard InChI is InChI=1S/C11H12ClN3O/c12-9-5-8(15-3-1-13-2-4-15)6-10-11(9)16-7-14-10/h5-7,13H,1-4H2. The van der Waals surface area contributed by atoms with Gasteiger partial charge in [0.05, 0.1) is 5.02 Å². The van der Waals surface area contributed by atoms with Crippen LogP contribution in [0.2, 0.25) is 5.02 Å². The van der Waals surface area contributed by atoms with Crippen LogP contribution < -0.4 is 10.2 Å². The lowest BCUT2D eigenvalue weighted by Crippen LogP contribution is -2.43. The monoisotopic (exact) mass is 237 g/mol. The molecule has 0 saturated carbocycles. The van der Waals surface area contributed by atoms with E-state index in [0.717, 1.165) is 37.4 Å². The van der Waals surface area contributed by atoms with Crippen molar-refractivity contribution in [3.63, 3.8) is 0 Å². The van der Waals surface area contributed by atoms with Crippen molar-refractivity contribution in [3.8, 4) is 0 Å². The molecule has 0 radical (unpaired) electrons. The zero-order valence-corrected chi connectivity index (χ0v) is 9.50. The number of oxazole rings is 1. The molecule has 0 aliphatic carbocycles. The summed E-state index contributed by atoms with van der Waals surface area (Å²) in [5.74, 6) is 0. The van der Waals surface area contributed by atoms with Gasteiger partial charge in [-0.3, -0.25) is 0 Å². The Morgan fingerprint density at radius 2 is 2.12 bits per heavy atom. The molecular weight excluding hydrogens is 226 g/mol. The van der Waals surface area contributed by atoms with Gasteiger partial charge in [-0.25, -0.2) is 4.98 Å². The van der Waals surface area contributed by atoms with Crippen molar-refractivity contribution in [3.05, 3.63) is 23.5 Å². The van der Waals surface area contributed by atoms with Crippen molar-refractivity contribution in [1.82, 2.24) is 10.3 Å². The Bertz CT molecular complexity index is 505. The first-order valence-electron chi connectivity index (χ1n) is 5.33. The normalized spacial score (nSPS) is 16.9. The number of nitrogens with one attached hydrogen (secondary N) is 1. The average Bonchev–Trinajstić information content (AvgIpc) is 2.79. The van der Waals surface area contributed by atoms with Crippen molar-refractivity contribution in [1.29, 1.82) is 0 Å². The second-order valence-corrected chi connectivity index (χ2v) is 4.27. The summed E-state index contributed by atoms with van der Waals surface area (Å²) in [6, 6.07) is 3.97. The third-order valence-corrected chi connectivity index (χ3v) is 3.13. The SMILES string of the molecule is Clc1cc(N2CCNCC2)cc2ncoc12. The van der Waals surface area contributed by atoms with Crippen LogP contribution in [0.5, 0.6) is 0 Å². The molecule has 3 rings (SSSR count). The molecule has 1 aromatic carbocycles. The van der Waals surface area contributed by atoms with E-state index in [9.17, 15) is 0 Å². The number of benzene rings is 1. The average molecular weight is 238 g/mol. The number of piperazine rings is 1. The topological polar surface area (TPSA) is 41.3 Å². The maximum Gasteiger partial charge on any atom is 0.182 e. The van der Waals surface area contributed by atoms with Crippen molar-refractivity contribution in [2.24, 2.45) is 0 Å². The van der Waals surface area contributed by atoms with Gasteiger partial charge < -0.3 is 14.6 Å². The number of hydrogen-bond acceptors (Lipinski definition) is 4. The van der Waals surface area contributed by atoms with E-state index in [1.165, 1.54) is 6.39 Å². The molecule has 1 saturated heterocycles. The number of hydrogen-bond donors (Lipinski definition) is 1. The lowest BCUT2D eigenvalue weighted by atomic mass is 10.2. The molecule has 1 aromatic heterocycles. The molecule has 84 valence electrons. The fraction of sp³-hybridized carbons (Fsp3) is 0.364.